The van der Waals surface area contributed by atoms with E-state index in [1.807, 2.05) is 24.3 Å². The molecule has 0 saturated heterocycles. The number of benzene rings is 1. The molecule has 0 spiro atoms. The molecule has 0 amide bonds. The van der Waals surface area contributed by atoms with Crippen LogP contribution in [0.15, 0.2) is 41.3 Å². The number of aliphatic hydroxyl groups excluding tert-OH is 1. The summed E-state index contributed by atoms with van der Waals surface area (Å²) in [6.45, 7) is 8.24. The van der Waals surface area contributed by atoms with E-state index in [0.717, 1.165) is 24.3 Å². The lowest BCUT2D eigenvalue weighted by molar-refractivity contribution is 0.0797. The smallest absolute Gasteiger partial charge is 0.0693 e. The van der Waals surface area contributed by atoms with E-state index < -0.39 is 0 Å². The third-order valence-corrected chi connectivity index (χ3v) is 5.77. The standard InChI is InChI=1S/C16H21ClOS/c1-11(2)12-8-9-16(3,15(18)10-12)19-14-6-4-13(17)5-7-14/h4-7,12,15,18H,1,8-10H2,2-3H3/t12-,15+,16+/m1/s1. The van der Waals surface area contributed by atoms with E-state index in [1.54, 1.807) is 11.8 Å². The highest BCUT2D eigenvalue weighted by Gasteiger charge is 2.39. The number of thioether (sulfide) groups is 1. The van der Waals surface area contributed by atoms with Crippen molar-refractivity contribution in [2.45, 2.75) is 48.9 Å². The molecule has 3 atom stereocenters. The SMILES string of the molecule is C=C(C)[C@@H]1CC[C@](C)(Sc2ccc(Cl)cc2)[C@@H](O)C1. The topological polar surface area (TPSA) is 20.2 Å². The molecule has 0 heterocycles. The maximum atomic E-state index is 10.5. The number of allylic oxidation sites excluding steroid dienone is 1. The highest BCUT2D eigenvalue weighted by atomic mass is 35.5. The molecule has 1 aliphatic carbocycles. The van der Waals surface area contributed by atoms with Crippen LogP contribution in [0.2, 0.25) is 5.02 Å². The third-order valence-electron chi connectivity index (χ3n) is 4.06. The Bertz CT molecular complexity index is 456. The second kappa shape index (κ2) is 5.90. The van der Waals surface area contributed by atoms with Crippen LogP contribution in [0, 0.1) is 5.92 Å². The summed E-state index contributed by atoms with van der Waals surface area (Å²) in [5, 5.41) is 11.2. The van der Waals surface area contributed by atoms with Crippen LogP contribution in [-0.4, -0.2) is 16.0 Å². The number of halogens is 1. The van der Waals surface area contributed by atoms with Gasteiger partial charge < -0.3 is 5.11 Å². The summed E-state index contributed by atoms with van der Waals surface area (Å²) in [6, 6.07) is 7.85. The van der Waals surface area contributed by atoms with Crippen molar-refractivity contribution in [1.82, 2.24) is 0 Å². The number of hydrogen-bond donors (Lipinski definition) is 1. The van der Waals surface area contributed by atoms with E-state index in [0.29, 0.717) is 5.92 Å². The molecule has 1 aromatic carbocycles. The van der Waals surface area contributed by atoms with Crippen molar-refractivity contribution in [1.29, 1.82) is 0 Å². The van der Waals surface area contributed by atoms with Gasteiger partial charge in [-0.25, -0.2) is 0 Å². The summed E-state index contributed by atoms with van der Waals surface area (Å²) in [6.07, 6.45) is 2.66. The summed E-state index contributed by atoms with van der Waals surface area (Å²) in [4.78, 5) is 1.17. The highest BCUT2D eigenvalue weighted by molar-refractivity contribution is 8.00. The van der Waals surface area contributed by atoms with Crippen LogP contribution in [0.5, 0.6) is 0 Å². The fourth-order valence-electron chi connectivity index (χ4n) is 2.60. The first-order valence-corrected chi connectivity index (χ1v) is 7.88. The van der Waals surface area contributed by atoms with Crippen molar-refractivity contribution in [2.75, 3.05) is 0 Å². The Kier molecular flexibility index (Phi) is 4.65. The zero-order valence-corrected chi connectivity index (χ0v) is 13.1. The largest absolute Gasteiger partial charge is 0.392 e. The molecule has 1 N–H and O–H groups in total. The van der Waals surface area contributed by atoms with Gasteiger partial charge >= 0.3 is 0 Å². The number of hydrogen-bond acceptors (Lipinski definition) is 2. The van der Waals surface area contributed by atoms with Gasteiger partial charge in [0.1, 0.15) is 0 Å². The number of rotatable bonds is 3. The molecule has 104 valence electrons. The molecule has 1 saturated carbocycles. The summed E-state index contributed by atoms with van der Waals surface area (Å²) in [7, 11) is 0. The zero-order chi connectivity index (χ0) is 14.0. The molecule has 3 heteroatoms. The van der Waals surface area contributed by atoms with Crippen molar-refractivity contribution in [2.24, 2.45) is 5.92 Å². The number of aliphatic hydroxyl groups is 1. The van der Waals surface area contributed by atoms with Crippen molar-refractivity contribution in [3.8, 4) is 0 Å². The molecule has 0 bridgehead atoms. The van der Waals surface area contributed by atoms with Crippen molar-refractivity contribution >= 4 is 23.4 Å². The first kappa shape index (κ1) is 15.0. The molecule has 19 heavy (non-hydrogen) atoms. The van der Waals surface area contributed by atoms with E-state index in [1.165, 1.54) is 10.5 Å². The Morgan fingerprint density at radius 3 is 2.58 bits per heavy atom. The minimum Gasteiger partial charge on any atom is -0.392 e. The van der Waals surface area contributed by atoms with Gasteiger partial charge in [-0.3, -0.25) is 0 Å². The van der Waals surface area contributed by atoms with E-state index in [4.69, 9.17) is 11.6 Å². The fourth-order valence-corrected chi connectivity index (χ4v) is 3.99. The van der Waals surface area contributed by atoms with Crippen molar-refractivity contribution < 1.29 is 5.11 Å². The Hall–Kier alpha value is -0.440. The van der Waals surface area contributed by atoms with Gasteiger partial charge in [0.2, 0.25) is 0 Å². The van der Waals surface area contributed by atoms with E-state index >= 15 is 0 Å². The maximum absolute atomic E-state index is 10.5. The van der Waals surface area contributed by atoms with Gasteiger partial charge in [0.05, 0.1) is 6.10 Å². The Morgan fingerprint density at radius 1 is 1.42 bits per heavy atom. The summed E-state index contributed by atoms with van der Waals surface area (Å²) < 4.78 is -0.111. The van der Waals surface area contributed by atoms with Crippen LogP contribution < -0.4 is 0 Å². The molecule has 1 aromatic rings. The van der Waals surface area contributed by atoms with Gasteiger partial charge in [-0.2, -0.15) is 0 Å². The van der Waals surface area contributed by atoms with Crippen LogP contribution in [0.3, 0.4) is 0 Å². The summed E-state index contributed by atoms with van der Waals surface area (Å²) in [5.41, 5.74) is 1.19. The average Bonchev–Trinajstić information content (AvgIpc) is 2.35. The van der Waals surface area contributed by atoms with Gasteiger partial charge in [-0.1, -0.05) is 23.8 Å². The zero-order valence-electron chi connectivity index (χ0n) is 11.5. The van der Waals surface area contributed by atoms with Gasteiger partial charge in [0.25, 0.3) is 0 Å². The molecule has 1 fully saturated rings. The van der Waals surface area contributed by atoms with Crippen molar-refractivity contribution in [3.63, 3.8) is 0 Å². The molecule has 0 aromatic heterocycles. The molecular weight excluding hydrogens is 276 g/mol. The normalized spacial score (nSPS) is 31.2. The molecule has 1 aliphatic rings. The monoisotopic (exact) mass is 296 g/mol. The molecular formula is C16H21ClOS. The molecule has 0 unspecified atom stereocenters. The summed E-state index contributed by atoms with van der Waals surface area (Å²) >= 11 is 7.66. The lowest BCUT2D eigenvalue weighted by Crippen LogP contribution is -2.42. The fraction of sp³-hybridized carbons (Fsp3) is 0.500. The third kappa shape index (κ3) is 3.56. The summed E-state index contributed by atoms with van der Waals surface area (Å²) in [5.74, 6) is 0.467. The van der Waals surface area contributed by atoms with Crippen LogP contribution in [0.4, 0.5) is 0 Å². The predicted molar refractivity (Wildman–Crippen MR) is 83.9 cm³/mol. The second-order valence-electron chi connectivity index (χ2n) is 5.70. The maximum Gasteiger partial charge on any atom is 0.0693 e. The molecule has 0 radical (unpaired) electrons. The molecule has 0 aliphatic heterocycles. The van der Waals surface area contributed by atoms with E-state index in [2.05, 4.69) is 20.4 Å². The van der Waals surface area contributed by atoms with Crippen LogP contribution in [-0.2, 0) is 0 Å². The lowest BCUT2D eigenvalue weighted by atomic mass is 9.77. The van der Waals surface area contributed by atoms with E-state index in [9.17, 15) is 5.11 Å². The van der Waals surface area contributed by atoms with Crippen molar-refractivity contribution in [3.05, 3.63) is 41.4 Å². The van der Waals surface area contributed by atoms with Crippen LogP contribution in [0.25, 0.3) is 0 Å². The van der Waals surface area contributed by atoms with Gasteiger partial charge in [-0.15, -0.1) is 11.8 Å². The quantitative estimate of drug-likeness (QED) is 0.798. The first-order valence-electron chi connectivity index (χ1n) is 6.69. The Morgan fingerprint density at radius 2 is 2.05 bits per heavy atom. The first-order chi connectivity index (χ1) is 8.90. The molecule has 1 nitrogen and oxygen atoms in total. The highest BCUT2D eigenvalue weighted by Crippen LogP contribution is 2.46. The van der Waals surface area contributed by atoms with Gasteiger partial charge in [-0.05, 0) is 63.3 Å². The molecule has 2 rings (SSSR count). The Labute approximate surface area is 125 Å². The van der Waals surface area contributed by atoms with Crippen LogP contribution >= 0.6 is 23.4 Å². The van der Waals surface area contributed by atoms with E-state index in [-0.39, 0.29) is 10.9 Å². The predicted octanol–water partition coefficient (Wildman–Crippen LogP) is 4.93. The lowest BCUT2D eigenvalue weighted by Gasteiger charge is -2.41. The minimum absolute atomic E-state index is 0.111. The van der Waals surface area contributed by atoms with Gasteiger partial charge in [0.15, 0.2) is 0 Å². The second-order valence-corrected chi connectivity index (χ2v) is 7.75. The van der Waals surface area contributed by atoms with Crippen LogP contribution in [0.1, 0.15) is 33.1 Å². The average molecular weight is 297 g/mol. The van der Waals surface area contributed by atoms with Gasteiger partial charge in [0, 0.05) is 14.7 Å². The Balaban J connectivity index is 2.07. The minimum atomic E-state index is -0.288.